The molecule has 0 saturated carbocycles. The molecule has 1 aromatic carbocycles. The fourth-order valence-electron chi connectivity index (χ4n) is 2.59. The summed E-state index contributed by atoms with van der Waals surface area (Å²) in [7, 11) is 0. The molecule has 4 aromatic rings. The first-order valence-electron chi connectivity index (χ1n) is 7.11. The van der Waals surface area contributed by atoms with E-state index < -0.39 is 0 Å². The van der Waals surface area contributed by atoms with Crippen molar-refractivity contribution in [3.8, 4) is 28.5 Å². The summed E-state index contributed by atoms with van der Waals surface area (Å²) >= 11 is 0. The number of hydrogen-bond donors (Lipinski definition) is 1. The molecule has 4 rings (SSSR count). The number of pyridine rings is 1. The number of benzene rings is 1. The summed E-state index contributed by atoms with van der Waals surface area (Å²) in [6, 6.07) is 20.1. The molecule has 1 N–H and O–H groups in total. The van der Waals surface area contributed by atoms with E-state index in [4.69, 9.17) is 0 Å². The molecule has 3 heterocycles. The maximum Gasteiger partial charge on any atom is 0.137 e. The van der Waals surface area contributed by atoms with Crippen molar-refractivity contribution in [1.82, 2.24) is 19.5 Å². The van der Waals surface area contributed by atoms with Crippen LogP contribution < -0.4 is 0 Å². The van der Waals surface area contributed by atoms with Crippen molar-refractivity contribution >= 4 is 0 Å². The SMILES string of the molecule is c1ccc(-c2nc[nH]c2-c2cccn2-c2ccccn2)cc1. The molecule has 0 fully saturated rings. The van der Waals surface area contributed by atoms with Gasteiger partial charge >= 0.3 is 0 Å². The van der Waals surface area contributed by atoms with E-state index in [-0.39, 0.29) is 0 Å². The van der Waals surface area contributed by atoms with Crippen LogP contribution >= 0.6 is 0 Å². The molecule has 22 heavy (non-hydrogen) atoms. The summed E-state index contributed by atoms with van der Waals surface area (Å²) in [5.41, 5.74) is 4.06. The van der Waals surface area contributed by atoms with Crippen LogP contribution in [0.25, 0.3) is 28.5 Å². The molecular formula is C18H14N4. The number of H-pyrrole nitrogens is 1. The van der Waals surface area contributed by atoms with Crippen LogP contribution in [-0.2, 0) is 0 Å². The fourth-order valence-corrected chi connectivity index (χ4v) is 2.59. The monoisotopic (exact) mass is 286 g/mol. The maximum atomic E-state index is 4.49. The van der Waals surface area contributed by atoms with E-state index in [1.165, 1.54) is 0 Å². The molecule has 4 heteroatoms. The van der Waals surface area contributed by atoms with Crippen LogP contribution in [0.5, 0.6) is 0 Å². The van der Waals surface area contributed by atoms with Gasteiger partial charge in [0, 0.05) is 18.0 Å². The lowest BCUT2D eigenvalue weighted by Gasteiger charge is -2.08. The van der Waals surface area contributed by atoms with Gasteiger partial charge in [0.1, 0.15) is 5.82 Å². The minimum absolute atomic E-state index is 0.885. The van der Waals surface area contributed by atoms with Crippen molar-refractivity contribution in [2.45, 2.75) is 0 Å². The van der Waals surface area contributed by atoms with Crippen LogP contribution in [0.4, 0.5) is 0 Å². The van der Waals surface area contributed by atoms with Gasteiger partial charge in [-0.2, -0.15) is 0 Å². The van der Waals surface area contributed by atoms with Gasteiger partial charge < -0.3 is 4.98 Å². The third kappa shape index (κ3) is 2.11. The van der Waals surface area contributed by atoms with E-state index in [1.807, 2.05) is 48.7 Å². The highest BCUT2D eigenvalue weighted by molar-refractivity contribution is 5.77. The quantitative estimate of drug-likeness (QED) is 0.620. The van der Waals surface area contributed by atoms with Crippen LogP contribution in [0.3, 0.4) is 0 Å². The van der Waals surface area contributed by atoms with Gasteiger partial charge in [-0.3, -0.25) is 4.57 Å². The molecule has 0 aliphatic carbocycles. The van der Waals surface area contributed by atoms with E-state index >= 15 is 0 Å². The molecule has 0 aliphatic rings. The number of nitrogens with zero attached hydrogens (tertiary/aromatic N) is 3. The van der Waals surface area contributed by atoms with Crippen molar-refractivity contribution in [3.05, 3.63) is 79.4 Å². The third-order valence-corrected chi connectivity index (χ3v) is 3.59. The molecule has 106 valence electrons. The Kier molecular flexibility index (Phi) is 3.05. The molecule has 0 unspecified atom stereocenters. The highest BCUT2D eigenvalue weighted by Crippen LogP contribution is 2.30. The highest BCUT2D eigenvalue weighted by atomic mass is 15.1. The average molecular weight is 286 g/mol. The van der Waals surface area contributed by atoms with Gasteiger partial charge in [-0.15, -0.1) is 0 Å². The fraction of sp³-hybridized carbons (Fsp3) is 0. The van der Waals surface area contributed by atoms with E-state index in [0.29, 0.717) is 0 Å². The molecule has 0 saturated heterocycles. The highest BCUT2D eigenvalue weighted by Gasteiger charge is 2.14. The lowest BCUT2D eigenvalue weighted by molar-refractivity contribution is 1.01. The zero-order valence-electron chi connectivity index (χ0n) is 11.8. The van der Waals surface area contributed by atoms with Crippen LogP contribution in [0, 0.1) is 0 Å². The minimum Gasteiger partial charge on any atom is -0.343 e. The van der Waals surface area contributed by atoms with Crippen molar-refractivity contribution in [1.29, 1.82) is 0 Å². The standard InChI is InChI=1S/C18H14N4/c1-2-7-14(8-3-1)17-18(21-13-20-17)15-9-6-12-22(15)16-10-4-5-11-19-16/h1-13H,(H,20,21). The number of aromatic nitrogens is 4. The first-order chi connectivity index (χ1) is 10.9. The number of nitrogens with one attached hydrogen (secondary N) is 1. The van der Waals surface area contributed by atoms with Crippen molar-refractivity contribution in [3.63, 3.8) is 0 Å². The lowest BCUT2D eigenvalue weighted by atomic mass is 10.1. The molecule has 0 amide bonds. The van der Waals surface area contributed by atoms with Crippen molar-refractivity contribution < 1.29 is 0 Å². The second-order valence-corrected chi connectivity index (χ2v) is 4.94. The van der Waals surface area contributed by atoms with E-state index in [1.54, 1.807) is 12.5 Å². The van der Waals surface area contributed by atoms with Gasteiger partial charge in [0.05, 0.1) is 23.4 Å². The van der Waals surface area contributed by atoms with Crippen LogP contribution in [0.1, 0.15) is 0 Å². The first-order valence-corrected chi connectivity index (χ1v) is 7.11. The maximum absolute atomic E-state index is 4.49. The van der Waals surface area contributed by atoms with Gasteiger partial charge in [-0.1, -0.05) is 36.4 Å². The van der Waals surface area contributed by atoms with E-state index in [9.17, 15) is 0 Å². The Bertz CT molecular complexity index is 800. The second kappa shape index (κ2) is 5.33. The molecule has 3 aromatic heterocycles. The zero-order valence-corrected chi connectivity index (χ0v) is 11.8. The first kappa shape index (κ1) is 12.6. The zero-order chi connectivity index (χ0) is 14.8. The Labute approximate surface area is 128 Å². The summed E-state index contributed by atoms with van der Waals surface area (Å²) in [6.45, 7) is 0. The molecular weight excluding hydrogens is 272 g/mol. The van der Waals surface area contributed by atoms with Gasteiger partial charge in [0.15, 0.2) is 0 Å². The number of rotatable bonds is 3. The number of aromatic amines is 1. The Morgan fingerprint density at radius 1 is 0.818 bits per heavy atom. The Hall–Kier alpha value is -3.14. The van der Waals surface area contributed by atoms with Gasteiger partial charge in [0.2, 0.25) is 0 Å². The summed E-state index contributed by atoms with van der Waals surface area (Å²) in [4.78, 5) is 12.2. The lowest BCUT2D eigenvalue weighted by Crippen LogP contribution is -1.98. The van der Waals surface area contributed by atoms with Crippen molar-refractivity contribution in [2.24, 2.45) is 0 Å². The number of imidazole rings is 1. The summed E-state index contributed by atoms with van der Waals surface area (Å²) in [5, 5.41) is 0. The Balaban J connectivity index is 1.86. The normalized spacial score (nSPS) is 10.7. The Morgan fingerprint density at radius 2 is 1.68 bits per heavy atom. The van der Waals surface area contributed by atoms with Gasteiger partial charge in [-0.25, -0.2) is 9.97 Å². The largest absolute Gasteiger partial charge is 0.343 e. The average Bonchev–Trinajstić information content (AvgIpc) is 3.25. The third-order valence-electron chi connectivity index (χ3n) is 3.59. The molecule has 0 spiro atoms. The topological polar surface area (TPSA) is 46.5 Å². The van der Waals surface area contributed by atoms with E-state index in [2.05, 4.69) is 37.7 Å². The Morgan fingerprint density at radius 3 is 2.50 bits per heavy atom. The molecule has 0 bridgehead atoms. The molecule has 0 aliphatic heterocycles. The number of hydrogen-bond acceptors (Lipinski definition) is 2. The summed E-state index contributed by atoms with van der Waals surface area (Å²) < 4.78 is 2.06. The molecule has 0 radical (unpaired) electrons. The van der Waals surface area contributed by atoms with Gasteiger partial charge in [0.25, 0.3) is 0 Å². The predicted molar refractivity (Wildman–Crippen MR) is 86.6 cm³/mol. The van der Waals surface area contributed by atoms with Crippen LogP contribution in [0.2, 0.25) is 0 Å². The molecule has 0 atom stereocenters. The smallest absolute Gasteiger partial charge is 0.137 e. The van der Waals surface area contributed by atoms with Crippen molar-refractivity contribution in [2.75, 3.05) is 0 Å². The van der Waals surface area contributed by atoms with Crippen LogP contribution in [0.15, 0.2) is 79.4 Å². The second-order valence-electron chi connectivity index (χ2n) is 4.94. The molecule has 4 nitrogen and oxygen atoms in total. The van der Waals surface area contributed by atoms with Crippen LogP contribution in [-0.4, -0.2) is 19.5 Å². The minimum atomic E-state index is 0.885. The summed E-state index contributed by atoms with van der Waals surface area (Å²) in [6.07, 6.45) is 5.53. The van der Waals surface area contributed by atoms with E-state index in [0.717, 1.165) is 28.5 Å². The summed E-state index contributed by atoms with van der Waals surface area (Å²) in [5.74, 6) is 0.885. The van der Waals surface area contributed by atoms with Gasteiger partial charge in [-0.05, 0) is 24.3 Å². The predicted octanol–water partition coefficient (Wildman–Crippen LogP) is 3.93.